The molecule has 2 aromatic heterocycles. The average Bonchev–Trinajstić information content (AvgIpc) is 3.19. The molecule has 3 aromatic rings. The number of halogens is 1. The Kier molecular flexibility index (Phi) is 4.43. The van der Waals surface area contributed by atoms with E-state index in [-0.39, 0.29) is 17.4 Å². The molecule has 7 heteroatoms. The van der Waals surface area contributed by atoms with E-state index < -0.39 is 5.82 Å². The lowest BCUT2D eigenvalue weighted by atomic mass is 9.95. The number of aromatic nitrogens is 3. The van der Waals surface area contributed by atoms with Gasteiger partial charge in [0.05, 0.1) is 5.56 Å². The quantitative estimate of drug-likeness (QED) is 0.723. The van der Waals surface area contributed by atoms with Gasteiger partial charge in [-0.3, -0.25) is 9.78 Å². The number of amides is 1. The molecule has 1 saturated heterocycles. The molecule has 0 bridgehead atoms. The zero-order chi connectivity index (χ0) is 17.9. The van der Waals surface area contributed by atoms with E-state index in [9.17, 15) is 9.18 Å². The monoisotopic (exact) mass is 352 g/mol. The number of hydrogen-bond acceptors (Lipinski definition) is 5. The van der Waals surface area contributed by atoms with Crippen molar-refractivity contribution in [3.63, 3.8) is 0 Å². The topological polar surface area (TPSA) is 72.1 Å². The van der Waals surface area contributed by atoms with Crippen LogP contribution >= 0.6 is 0 Å². The van der Waals surface area contributed by atoms with Crippen molar-refractivity contribution in [1.29, 1.82) is 0 Å². The number of carbonyl (C=O) groups is 1. The van der Waals surface area contributed by atoms with Gasteiger partial charge in [0.1, 0.15) is 5.82 Å². The van der Waals surface area contributed by atoms with Crippen LogP contribution in [0.15, 0.2) is 53.3 Å². The summed E-state index contributed by atoms with van der Waals surface area (Å²) < 4.78 is 19.2. The summed E-state index contributed by atoms with van der Waals surface area (Å²) in [6, 6.07) is 9.70. The Bertz CT molecular complexity index is 905. The molecule has 1 amide bonds. The molecule has 26 heavy (non-hydrogen) atoms. The van der Waals surface area contributed by atoms with Crippen molar-refractivity contribution in [2.45, 2.75) is 18.8 Å². The van der Waals surface area contributed by atoms with Gasteiger partial charge in [-0.15, -0.1) is 0 Å². The predicted octanol–water partition coefficient (Wildman–Crippen LogP) is 3.29. The van der Waals surface area contributed by atoms with Crippen molar-refractivity contribution in [1.82, 2.24) is 20.0 Å². The summed E-state index contributed by atoms with van der Waals surface area (Å²) in [6.45, 7) is 1.08. The molecule has 0 unspecified atom stereocenters. The fraction of sp³-hybridized carbons (Fsp3) is 0.263. The molecule has 0 spiro atoms. The summed E-state index contributed by atoms with van der Waals surface area (Å²) in [5.41, 5.74) is 0.941. The molecule has 132 valence electrons. The Morgan fingerprint density at radius 1 is 1.12 bits per heavy atom. The van der Waals surface area contributed by atoms with Gasteiger partial charge in [0.2, 0.25) is 0 Å². The van der Waals surface area contributed by atoms with Gasteiger partial charge in [-0.25, -0.2) is 4.39 Å². The van der Waals surface area contributed by atoms with Gasteiger partial charge in [-0.05, 0) is 37.1 Å². The summed E-state index contributed by atoms with van der Waals surface area (Å²) in [4.78, 5) is 22.6. The van der Waals surface area contributed by atoms with Crippen LogP contribution in [0.1, 0.15) is 34.9 Å². The molecule has 0 atom stereocenters. The van der Waals surface area contributed by atoms with Crippen LogP contribution in [0.3, 0.4) is 0 Å². The Morgan fingerprint density at radius 2 is 1.85 bits per heavy atom. The number of rotatable bonds is 3. The molecule has 1 aromatic carbocycles. The summed E-state index contributed by atoms with van der Waals surface area (Å²) in [6.07, 6.45) is 4.78. The normalized spacial score (nSPS) is 15.2. The van der Waals surface area contributed by atoms with Crippen LogP contribution in [-0.4, -0.2) is 39.0 Å². The molecular weight excluding hydrogens is 335 g/mol. The molecule has 4 rings (SSSR count). The van der Waals surface area contributed by atoms with E-state index in [2.05, 4.69) is 15.1 Å². The third-order valence-corrected chi connectivity index (χ3v) is 4.62. The van der Waals surface area contributed by atoms with Crippen LogP contribution in [0.25, 0.3) is 11.5 Å². The second-order valence-corrected chi connectivity index (χ2v) is 6.24. The standard InChI is InChI=1S/C19H17FN4O2/c20-16-4-2-1-3-15(16)19(25)24-11-7-13(8-12-24)17-22-18(26-23-17)14-5-9-21-10-6-14/h1-6,9-10,13H,7-8,11-12H2. The maximum atomic E-state index is 13.8. The average molecular weight is 352 g/mol. The number of hydrogen-bond donors (Lipinski definition) is 0. The van der Waals surface area contributed by atoms with Gasteiger partial charge in [-0.2, -0.15) is 4.98 Å². The van der Waals surface area contributed by atoms with Crippen molar-refractivity contribution in [3.8, 4) is 11.5 Å². The van der Waals surface area contributed by atoms with E-state index in [0.717, 1.165) is 18.4 Å². The highest BCUT2D eigenvalue weighted by Gasteiger charge is 2.28. The first-order chi connectivity index (χ1) is 12.7. The lowest BCUT2D eigenvalue weighted by Gasteiger charge is -2.30. The van der Waals surface area contributed by atoms with Gasteiger partial charge < -0.3 is 9.42 Å². The summed E-state index contributed by atoms with van der Waals surface area (Å²) in [5, 5.41) is 4.09. The lowest BCUT2D eigenvalue weighted by molar-refractivity contribution is 0.0706. The molecule has 0 radical (unpaired) electrons. The van der Waals surface area contributed by atoms with E-state index >= 15 is 0 Å². The van der Waals surface area contributed by atoms with Gasteiger partial charge in [0.15, 0.2) is 5.82 Å². The first kappa shape index (κ1) is 16.4. The number of likely N-dealkylation sites (tertiary alicyclic amines) is 1. The highest BCUT2D eigenvalue weighted by Crippen LogP contribution is 2.28. The second-order valence-electron chi connectivity index (χ2n) is 6.24. The van der Waals surface area contributed by atoms with Gasteiger partial charge in [0.25, 0.3) is 11.8 Å². The first-order valence-corrected chi connectivity index (χ1v) is 8.50. The third-order valence-electron chi connectivity index (χ3n) is 4.62. The Hall–Kier alpha value is -3.09. The number of benzene rings is 1. The number of pyridine rings is 1. The van der Waals surface area contributed by atoms with Gasteiger partial charge >= 0.3 is 0 Å². The van der Waals surface area contributed by atoms with Crippen LogP contribution in [0, 0.1) is 5.82 Å². The van der Waals surface area contributed by atoms with Crippen LogP contribution < -0.4 is 0 Å². The maximum absolute atomic E-state index is 13.8. The molecular formula is C19H17FN4O2. The molecule has 1 fully saturated rings. The molecule has 6 nitrogen and oxygen atoms in total. The lowest BCUT2D eigenvalue weighted by Crippen LogP contribution is -2.38. The second kappa shape index (κ2) is 7.03. The summed E-state index contributed by atoms with van der Waals surface area (Å²) >= 11 is 0. The van der Waals surface area contributed by atoms with E-state index in [1.807, 2.05) is 12.1 Å². The van der Waals surface area contributed by atoms with Crippen LogP contribution in [0.5, 0.6) is 0 Å². The smallest absolute Gasteiger partial charge is 0.258 e. The van der Waals surface area contributed by atoms with Crippen molar-refractivity contribution in [2.24, 2.45) is 0 Å². The highest BCUT2D eigenvalue weighted by atomic mass is 19.1. The van der Waals surface area contributed by atoms with Crippen molar-refractivity contribution in [2.75, 3.05) is 13.1 Å². The largest absolute Gasteiger partial charge is 0.339 e. The third kappa shape index (κ3) is 3.20. The van der Waals surface area contributed by atoms with E-state index in [0.29, 0.717) is 24.8 Å². The highest BCUT2D eigenvalue weighted by molar-refractivity contribution is 5.94. The minimum absolute atomic E-state index is 0.116. The first-order valence-electron chi connectivity index (χ1n) is 8.50. The summed E-state index contributed by atoms with van der Waals surface area (Å²) in [7, 11) is 0. The number of carbonyl (C=O) groups excluding carboxylic acids is 1. The van der Waals surface area contributed by atoms with Gasteiger partial charge in [-0.1, -0.05) is 17.3 Å². The molecule has 1 aliphatic rings. The van der Waals surface area contributed by atoms with Gasteiger partial charge in [0, 0.05) is 37.0 Å². The Labute approximate surface area is 149 Å². The number of piperidine rings is 1. The van der Waals surface area contributed by atoms with Crippen molar-refractivity contribution < 1.29 is 13.7 Å². The van der Waals surface area contributed by atoms with Crippen LogP contribution in [0.2, 0.25) is 0 Å². The maximum Gasteiger partial charge on any atom is 0.258 e. The molecule has 1 aliphatic heterocycles. The molecule has 0 saturated carbocycles. The number of nitrogens with zero attached hydrogens (tertiary/aromatic N) is 4. The van der Waals surface area contributed by atoms with Crippen LogP contribution in [0.4, 0.5) is 4.39 Å². The Balaban J connectivity index is 1.42. The van der Waals surface area contributed by atoms with Crippen molar-refractivity contribution >= 4 is 5.91 Å². The minimum Gasteiger partial charge on any atom is -0.339 e. The zero-order valence-corrected chi connectivity index (χ0v) is 14.0. The fourth-order valence-corrected chi connectivity index (χ4v) is 3.16. The molecule has 0 N–H and O–H groups in total. The zero-order valence-electron chi connectivity index (χ0n) is 14.0. The van der Waals surface area contributed by atoms with Crippen molar-refractivity contribution in [3.05, 3.63) is 66.0 Å². The minimum atomic E-state index is -0.486. The fourth-order valence-electron chi connectivity index (χ4n) is 3.16. The van der Waals surface area contributed by atoms with E-state index in [1.54, 1.807) is 29.4 Å². The Morgan fingerprint density at radius 3 is 2.58 bits per heavy atom. The molecule has 3 heterocycles. The van der Waals surface area contributed by atoms with Crippen LogP contribution in [-0.2, 0) is 0 Å². The summed E-state index contributed by atoms with van der Waals surface area (Å²) in [5.74, 6) is 0.480. The van der Waals surface area contributed by atoms with E-state index in [1.165, 1.54) is 12.1 Å². The SMILES string of the molecule is O=C(c1ccccc1F)N1CCC(c2noc(-c3ccncc3)n2)CC1. The van der Waals surface area contributed by atoms with E-state index in [4.69, 9.17) is 4.52 Å². The molecule has 0 aliphatic carbocycles. The predicted molar refractivity (Wildman–Crippen MR) is 91.8 cm³/mol.